The summed E-state index contributed by atoms with van der Waals surface area (Å²) in [5, 5.41) is 2.79. The number of hydrogen-bond acceptors (Lipinski definition) is 3. The van der Waals surface area contributed by atoms with Crippen LogP contribution >= 0.6 is 0 Å². The van der Waals surface area contributed by atoms with E-state index >= 15 is 0 Å². The Hall–Kier alpha value is -2.82. The fourth-order valence-electron chi connectivity index (χ4n) is 1.73. The molecule has 0 aliphatic carbocycles. The fourth-order valence-corrected chi connectivity index (χ4v) is 1.73. The standard InChI is InChI=1S/C14H11N3O2/c18-14(11-5-8-19-9-11)16-12-1-3-13(4-2-12)17-7-6-15-10-17/h1-10H,(H,16,18). The third-order valence-corrected chi connectivity index (χ3v) is 2.71. The second-order valence-corrected chi connectivity index (χ2v) is 3.98. The number of anilines is 1. The second-order valence-electron chi connectivity index (χ2n) is 3.98. The van der Waals surface area contributed by atoms with Gasteiger partial charge in [-0.1, -0.05) is 0 Å². The van der Waals surface area contributed by atoms with Crippen molar-refractivity contribution < 1.29 is 9.21 Å². The monoisotopic (exact) mass is 253 g/mol. The van der Waals surface area contributed by atoms with E-state index in [4.69, 9.17) is 4.42 Å². The normalized spacial score (nSPS) is 10.3. The number of nitrogens with zero attached hydrogens (tertiary/aromatic N) is 2. The van der Waals surface area contributed by atoms with Gasteiger partial charge in [-0.3, -0.25) is 4.79 Å². The van der Waals surface area contributed by atoms with Crippen molar-refractivity contribution in [3.05, 3.63) is 67.1 Å². The molecule has 19 heavy (non-hydrogen) atoms. The Bertz CT molecular complexity index is 655. The molecule has 0 aliphatic rings. The molecular weight excluding hydrogens is 242 g/mol. The lowest BCUT2D eigenvalue weighted by Crippen LogP contribution is -2.10. The van der Waals surface area contributed by atoms with Crippen molar-refractivity contribution >= 4 is 11.6 Å². The van der Waals surface area contributed by atoms with Crippen molar-refractivity contribution in [1.29, 1.82) is 0 Å². The van der Waals surface area contributed by atoms with Gasteiger partial charge < -0.3 is 14.3 Å². The third-order valence-electron chi connectivity index (χ3n) is 2.71. The van der Waals surface area contributed by atoms with Gasteiger partial charge in [0.2, 0.25) is 0 Å². The summed E-state index contributed by atoms with van der Waals surface area (Å²) in [6.45, 7) is 0. The molecule has 94 valence electrons. The van der Waals surface area contributed by atoms with Crippen LogP contribution in [0.3, 0.4) is 0 Å². The topological polar surface area (TPSA) is 60.1 Å². The van der Waals surface area contributed by atoms with E-state index in [0.717, 1.165) is 11.4 Å². The predicted octanol–water partition coefficient (Wildman–Crippen LogP) is 2.72. The Morgan fingerprint density at radius 1 is 1.21 bits per heavy atom. The molecule has 0 bridgehead atoms. The van der Waals surface area contributed by atoms with Gasteiger partial charge in [0.25, 0.3) is 5.91 Å². The van der Waals surface area contributed by atoms with Crippen LogP contribution in [0.1, 0.15) is 10.4 Å². The van der Waals surface area contributed by atoms with Gasteiger partial charge >= 0.3 is 0 Å². The number of nitrogens with one attached hydrogen (secondary N) is 1. The highest BCUT2D eigenvalue weighted by Gasteiger charge is 2.06. The molecule has 0 spiro atoms. The van der Waals surface area contributed by atoms with Crippen LogP contribution in [-0.2, 0) is 0 Å². The van der Waals surface area contributed by atoms with E-state index in [1.165, 1.54) is 12.5 Å². The summed E-state index contributed by atoms with van der Waals surface area (Å²) in [5.74, 6) is -0.191. The van der Waals surface area contributed by atoms with E-state index in [2.05, 4.69) is 10.3 Å². The van der Waals surface area contributed by atoms with Crippen molar-refractivity contribution in [1.82, 2.24) is 9.55 Å². The highest BCUT2D eigenvalue weighted by atomic mass is 16.3. The molecule has 1 amide bonds. The minimum atomic E-state index is -0.191. The summed E-state index contributed by atoms with van der Waals surface area (Å²) < 4.78 is 6.76. The Labute approximate surface area is 109 Å². The van der Waals surface area contributed by atoms with E-state index in [9.17, 15) is 4.79 Å². The van der Waals surface area contributed by atoms with Crippen molar-refractivity contribution in [2.24, 2.45) is 0 Å². The summed E-state index contributed by atoms with van der Waals surface area (Å²) in [4.78, 5) is 15.8. The molecule has 0 saturated heterocycles. The Morgan fingerprint density at radius 2 is 2.05 bits per heavy atom. The van der Waals surface area contributed by atoms with Gasteiger partial charge in [-0.05, 0) is 30.3 Å². The van der Waals surface area contributed by atoms with Crippen molar-refractivity contribution in [2.75, 3.05) is 5.32 Å². The van der Waals surface area contributed by atoms with Gasteiger partial charge in [0, 0.05) is 23.8 Å². The van der Waals surface area contributed by atoms with E-state index in [-0.39, 0.29) is 5.91 Å². The first kappa shape index (κ1) is 11.3. The third kappa shape index (κ3) is 2.40. The summed E-state index contributed by atoms with van der Waals surface area (Å²) in [6, 6.07) is 9.12. The second kappa shape index (κ2) is 4.81. The molecule has 0 saturated carbocycles. The van der Waals surface area contributed by atoms with Crippen LogP contribution in [0.25, 0.3) is 5.69 Å². The van der Waals surface area contributed by atoms with Crippen molar-refractivity contribution in [2.45, 2.75) is 0 Å². The van der Waals surface area contributed by atoms with Crippen LogP contribution in [0, 0.1) is 0 Å². The molecule has 0 aliphatic heterocycles. The number of amides is 1. The number of hydrogen-bond donors (Lipinski definition) is 1. The van der Waals surface area contributed by atoms with Crippen LogP contribution in [0.5, 0.6) is 0 Å². The summed E-state index contributed by atoms with van der Waals surface area (Å²) in [7, 11) is 0. The maximum Gasteiger partial charge on any atom is 0.258 e. The van der Waals surface area contributed by atoms with Gasteiger partial charge in [-0.25, -0.2) is 4.98 Å². The highest BCUT2D eigenvalue weighted by molar-refractivity contribution is 6.03. The molecule has 1 aromatic carbocycles. The van der Waals surface area contributed by atoms with Gasteiger partial charge in [-0.15, -0.1) is 0 Å². The first-order valence-electron chi connectivity index (χ1n) is 5.75. The lowest BCUT2D eigenvalue weighted by atomic mass is 10.2. The zero-order valence-electron chi connectivity index (χ0n) is 9.98. The maximum atomic E-state index is 11.8. The van der Waals surface area contributed by atoms with Crippen molar-refractivity contribution in [3.8, 4) is 5.69 Å². The zero-order valence-corrected chi connectivity index (χ0v) is 9.98. The van der Waals surface area contributed by atoms with E-state index < -0.39 is 0 Å². The summed E-state index contributed by atoms with van der Waals surface area (Å²) in [6.07, 6.45) is 8.18. The Kier molecular flexibility index (Phi) is 2.86. The largest absolute Gasteiger partial charge is 0.472 e. The molecule has 0 atom stereocenters. The molecule has 3 rings (SSSR count). The number of furan rings is 1. The predicted molar refractivity (Wildman–Crippen MR) is 70.2 cm³/mol. The Morgan fingerprint density at radius 3 is 2.68 bits per heavy atom. The molecule has 2 aromatic heterocycles. The molecule has 0 fully saturated rings. The lowest BCUT2D eigenvalue weighted by molar-refractivity contribution is 0.102. The molecule has 0 radical (unpaired) electrons. The van der Waals surface area contributed by atoms with Crippen LogP contribution in [0.2, 0.25) is 0 Å². The minimum absolute atomic E-state index is 0.191. The SMILES string of the molecule is O=C(Nc1ccc(-n2ccnc2)cc1)c1ccoc1. The van der Waals surface area contributed by atoms with Crippen LogP contribution < -0.4 is 5.32 Å². The summed E-state index contributed by atoms with van der Waals surface area (Å²) in [5.41, 5.74) is 2.22. The summed E-state index contributed by atoms with van der Waals surface area (Å²) >= 11 is 0. The molecule has 5 nitrogen and oxygen atoms in total. The Balaban J connectivity index is 1.75. The van der Waals surface area contributed by atoms with E-state index in [1.807, 2.05) is 35.0 Å². The number of carbonyl (C=O) groups excluding carboxylic acids is 1. The van der Waals surface area contributed by atoms with Crippen LogP contribution in [-0.4, -0.2) is 15.5 Å². The molecule has 1 N–H and O–H groups in total. The minimum Gasteiger partial charge on any atom is -0.472 e. The zero-order chi connectivity index (χ0) is 13.1. The van der Waals surface area contributed by atoms with Gasteiger partial charge in [-0.2, -0.15) is 0 Å². The van der Waals surface area contributed by atoms with Crippen LogP contribution in [0.4, 0.5) is 5.69 Å². The molecule has 0 unspecified atom stereocenters. The van der Waals surface area contributed by atoms with E-state index in [1.54, 1.807) is 18.6 Å². The van der Waals surface area contributed by atoms with Crippen molar-refractivity contribution in [3.63, 3.8) is 0 Å². The first-order valence-corrected chi connectivity index (χ1v) is 5.75. The van der Waals surface area contributed by atoms with Gasteiger partial charge in [0.05, 0.1) is 18.2 Å². The van der Waals surface area contributed by atoms with E-state index in [0.29, 0.717) is 5.56 Å². The molecule has 2 heterocycles. The molecular formula is C14H11N3O2. The van der Waals surface area contributed by atoms with Gasteiger partial charge in [0.1, 0.15) is 6.26 Å². The quantitative estimate of drug-likeness (QED) is 0.780. The number of imidazole rings is 1. The highest BCUT2D eigenvalue weighted by Crippen LogP contribution is 2.14. The average Bonchev–Trinajstić information content (AvgIpc) is 3.13. The fraction of sp³-hybridized carbons (Fsp3) is 0. The number of aromatic nitrogens is 2. The number of rotatable bonds is 3. The number of carbonyl (C=O) groups is 1. The maximum absolute atomic E-state index is 11.8. The molecule has 3 aromatic rings. The van der Waals surface area contributed by atoms with Crippen LogP contribution in [0.15, 0.2) is 66.0 Å². The molecule has 5 heteroatoms. The smallest absolute Gasteiger partial charge is 0.258 e. The van der Waals surface area contributed by atoms with Gasteiger partial charge in [0.15, 0.2) is 0 Å². The lowest BCUT2D eigenvalue weighted by Gasteiger charge is -2.05. The average molecular weight is 253 g/mol. The number of benzene rings is 1. The first-order chi connectivity index (χ1) is 9.33.